The second kappa shape index (κ2) is 8.30. The van der Waals surface area contributed by atoms with Crippen molar-refractivity contribution in [2.24, 2.45) is 0 Å². The molecule has 10 heteroatoms. The zero-order chi connectivity index (χ0) is 20.4. The maximum absolute atomic E-state index is 13.2. The van der Waals surface area contributed by atoms with Crippen molar-refractivity contribution in [2.45, 2.75) is 11.7 Å². The third kappa shape index (κ3) is 4.15. The van der Waals surface area contributed by atoms with Gasteiger partial charge in [-0.2, -0.15) is 0 Å². The number of amides is 1. The summed E-state index contributed by atoms with van der Waals surface area (Å²) < 4.78 is 20.4. The Bertz CT molecular complexity index is 1040. The van der Waals surface area contributed by atoms with Crippen LogP contribution in [0.4, 0.5) is 21.7 Å². The van der Waals surface area contributed by atoms with E-state index in [1.54, 1.807) is 30.3 Å². The second-order valence-electron chi connectivity index (χ2n) is 6.24. The van der Waals surface area contributed by atoms with Crippen molar-refractivity contribution in [3.8, 4) is 5.75 Å². The molecule has 0 aliphatic carbocycles. The van der Waals surface area contributed by atoms with Gasteiger partial charge in [-0.1, -0.05) is 23.4 Å². The fourth-order valence-electron chi connectivity index (χ4n) is 3.04. The largest absolute Gasteiger partial charge is 0.495 e. The van der Waals surface area contributed by atoms with Gasteiger partial charge in [-0.25, -0.2) is 4.39 Å². The Morgan fingerprint density at radius 1 is 1.24 bits per heavy atom. The molecule has 2 aromatic carbocycles. The van der Waals surface area contributed by atoms with E-state index >= 15 is 0 Å². The Balaban J connectivity index is 1.42. The van der Waals surface area contributed by atoms with E-state index in [4.69, 9.17) is 16.3 Å². The number of fused-ring (bicyclic) bond motifs is 1. The molecular weight excluding hydrogens is 417 g/mol. The summed E-state index contributed by atoms with van der Waals surface area (Å²) in [6, 6.07) is 11.3. The molecule has 0 unspecified atom stereocenters. The molecule has 2 heterocycles. The monoisotopic (exact) mass is 433 g/mol. The zero-order valence-corrected chi connectivity index (χ0v) is 17.0. The lowest BCUT2D eigenvalue weighted by Crippen LogP contribution is -2.15. The van der Waals surface area contributed by atoms with Crippen LogP contribution in [0.3, 0.4) is 0 Å². The number of thioether (sulfide) groups is 1. The SMILES string of the molecule is COc1ccc(Cl)cc1NC(=O)CSc1nnc2n1CCN2c1ccc(F)cc1. The molecule has 150 valence electrons. The molecule has 4 rings (SSSR count). The molecule has 0 bridgehead atoms. The summed E-state index contributed by atoms with van der Waals surface area (Å²) in [4.78, 5) is 14.3. The van der Waals surface area contributed by atoms with E-state index < -0.39 is 0 Å². The van der Waals surface area contributed by atoms with Crippen LogP contribution in [0.15, 0.2) is 47.6 Å². The summed E-state index contributed by atoms with van der Waals surface area (Å²) in [6.07, 6.45) is 0. The molecule has 0 atom stereocenters. The van der Waals surface area contributed by atoms with Crippen LogP contribution in [0, 0.1) is 5.82 Å². The van der Waals surface area contributed by atoms with Crippen LogP contribution >= 0.6 is 23.4 Å². The number of carbonyl (C=O) groups is 1. The van der Waals surface area contributed by atoms with Crippen LogP contribution in [0.5, 0.6) is 5.75 Å². The van der Waals surface area contributed by atoms with Crippen molar-refractivity contribution < 1.29 is 13.9 Å². The number of halogens is 2. The fourth-order valence-corrected chi connectivity index (χ4v) is 3.97. The summed E-state index contributed by atoms with van der Waals surface area (Å²) in [5, 5.41) is 12.4. The van der Waals surface area contributed by atoms with Gasteiger partial charge < -0.3 is 15.0 Å². The third-order valence-electron chi connectivity index (χ3n) is 4.39. The number of nitrogens with zero attached hydrogens (tertiary/aromatic N) is 4. The summed E-state index contributed by atoms with van der Waals surface area (Å²) in [7, 11) is 1.53. The van der Waals surface area contributed by atoms with Crippen molar-refractivity contribution in [1.82, 2.24) is 14.8 Å². The second-order valence-corrected chi connectivity index (χ2v) is 7.62. The third-order valence-corrected chi connectivity index (χ3v) is 5.59. The number of ether oxygens (including phenoxy) is 1. The minimum Gasteiger partial charge on any atom is -0.495 e. The van der Waals surface area contributed by atoms with E-state index in [1.807, 2.05) is 9.47 Å². The Labute approximate surface area is 175 Å². The Kier molecular flexibility index (Phi) is 5.59. The molecule has 1 N–H and O–H groups in total. The van der Waals surface area contributed by atoms with Gasteiger partial charge >= 0.3 is 0 Å². The lowest BCUT2D eigenvalue weighted by Gasteiger charge is -2.14. The number of anilines is 3. The lowest BCUT2D eigenvalue weighted by molar-refractivity contribution is -0.113. The molecule has 29 heavy (non-hydrogen) atoms. The van der Waals surface area contributed by atoms with Crippen molar-refractivity contribution in [2.75, 3.05) is 29.6 Å². The van der Waals surface area contributed by atoms with Crippen molar-refractivity contribution in [3.63, 3.8) is 0 Å². The standard InChI is InChI=1S/C19H17ClFN5O2S/c1-28-16-7-2-12(20)10-15(16)22-17(27)11-29-19-24-23-18-25(8-9-26(18)19)14-5-3-13(21)4-6-14/h2-7,10H,8-9,11H2,1H3,(H,22,27). The van der Waals surface area contributed by atoms with Crippen LogP contribution in [-0.4, -0.2) is 40.1 Å². The minimum absolute atomic E-state index is 0.157. The van der Waals surface area contributed by atoms with E-state index in [0.29, 0.717) is 40.7 Å². The van der Waals surface area contributed by atoms with E-state index in [9.17, 15) is 9.18 Å². The van der Waals surface area contributed by atoms with Gasteiger partial charge in [0.2, 0.25) is 11.9 Å². The number of benzene rings is 2. The van der Waals surface area contributed by atoms with Gasteiger partial charge in [0.25, 0.3) is 0 Å². The van der Waals surface area contributed by atoms with Crippen LogP contribution in [0.2, 0.25) is 5.02 Å². The number of nitrogens with one attached hydrogen (secondary N) is 1. The van der Waals surface area contributed by atoms with E-state index in [2.05, 4.69) is 15.5 Å². The number of carbonyl (C=O) groups excluding carboxylic acids is 1. The molecule has 7 nitrogen and oxygen atoms in total. The molecule has 0 radical (unpaired) electrons. The van der Waals surface area contributed by atoms with E-state index in [-0.39, 0.29) is 17.5 Å². The van der Waals surface area contributed by atoms with Crippen molar-refractivity contribution in [1.29, 1.82) is 0 Å². The molecule has 3 aromatic rings. The summed E-state index contributed by atoms with van der Waals surface area (Å²) in [5.74, 6) is 0.876. The van der Waals surface area contributed by atoms with Gasteiger partial charge in [-0.3, -0.25) is 9.36 Å². The Hall–Kier alpha value is -2.78. The first-order valence-corrected chi connectivity index (χ1v) is 10.1. The molecule has 0 fully saturated rings. The topological polar surface area (TPSA) is 72.3 Å². The number of hydrogen-bond acceptors (Lipinski definition) is 6. The highest BCUT2D eigenvalue weighted by Crippen LogP contribution is 2.32. The van der Waals surface area contributed by atoms with Crippen LogP contribution in [0.25, 0.3) is 0 Å². The van der Waals surface area contributed by atoms with Crippen molar-refractivity contribution >= 4 is 46.6 Å². The normalized spacial score (nSPS) is 12.7. The highest BCUT2D eigenvalue weighted by molar-refractivity contribution is 7.99. The van der Waals surface area contributed by atoms with Gasteiger partial charge in [0.15, 0.2) is 5.16 Å². The van der Waals surface area contributed by atoms with Crippen LogP contribution in [-0.2, 0) is 11.3 Å². The zero-order valence-electron chi connectivity index (χ0n) is 15.4. The molecule has 0 saturated heterocycles. The maximum atomic E-state index is 13.2. The van der Waals surface area contributed by atoms with Gasteiger partial charge in [-0.05, 0) is 42.5 Å². The quantitative estimate of drug-likeness (QED) is 0.593. The molecular formula is C19H17ClFN5O2S. The number of methoxy groups -OCH3 is 1. The lowest BCUT2D eigenvalue weighted by atomic mass is 10.3. The van der Waals surface area contributed by atoms with Gasteiger partial charge in [-0.15, -0.1) is 10.2 Å². The van der Waals surface area contributed by atoms with Gasteiger partial charge in [0.1, 0.15) is 11.6 Å². The molecule has 0 spiro atoms. The molecule has 1 aliphatic rings. The first-order chi connectivity index (χ1) is 14.0. The minimum atomic E-state index is -0.284. The highest BCUT2D eigenvalue weighted by Gasteiger charge is 2.26. The molecule has 1 aliphatic heterocycles. The van der Waals surface area contributed by atoms with Crippen LogP contribution in [0.1, 0.15) is 0 Å². The Morgan fingerprint density at radius 2 is 2.03 bits per heavy atom. The number of rotatable bonds is 6. The number of hydrogen-bond donors (Lipinski definition) is 1. The predicted octanol–water partition coefficient (Wildman–Crippen LogP) is 3.96. The summed E-state index contributed by atoms with van der Waals surface area (Å²) >= 11 is 7.29. The summed E-state index contributed by atoms with van der Waals surface area (Å²) in [6.45, 7) is 1.39. The number of aromatic nitrogens is 3. The average molecular weight is 434 g/mol. The highest BCUT2D eigenvalue weighted by atomic mass is 35.5. The predicted molar refractivity (Wildman–Crippen MR) is 111 cm³/mol. The smallest absolute Gasteiger partial charge is 0.234 e. The summed E-state index contributed by atoms with van der Waals surface area (Å²) in [5.41, 5.74) is 1.36. The van der Waals surface area contributed by atoms with E-state index in [0.717, 1.165) is 5.69 Å². The van der Waals surface area contributed by atoms with Crippen molar-refractivity contribution in [3.05, 3.63) is 53.3 Å². The van der Waals surface area contributed by atoms with Gasteiger partial charge in [0, 0.05) is 23.8 Å². The molecule has 1 amide bonds. The fraction of sp³-hybridized carbons (Fsp3) is 0.211. The molecule has 0 saturated carbocycles. The first kappa shape index (κ1) is 19.5. The maximum Gasteiger partial charge on any atom is 0.234 e. The Morgan fingerprint density at radius 3 is 2.79 bits per heavy atom. The first-order valence-electron chi connectivity index (χ1n) is 8.77. The van der Waals surface area contributed by atoms with Crippen LogP contribution < -0.4 is 15.0 Å². The van der Waals surface area contributed by atoms with E-state index in [1.165, 1.54) is 31.0 Å². The van der Waals surface area contributed by atoms with Gasteiger partial charge in [0.05, 0.1) is 18.6 Å². The molecule has 1 aromatic heterocycles. The average Bonchev–Trinajstić information content (AvgIpc) is 3.30.